The van der Waals surface area contributed by atoms with Crippen LogP contribution in [0.5, 0.6) is 0 Å². The van der Waals surface area contributed by atoms with Gasteiger partial charge in [-0.05, 0) is 56.3 Å². The first kappa shape index (κ1) is 26.9. The normalized spacial score (nSPS) is 18.8. The van der Waals surface area contributed by atoms with Crippen LogP contribution in [0, 0.1) is 17.7 Å². The lowest BCUT2D eigenvalue weighted by atomic mass is 9.79. The number of aromatic amines is 1. The highest BCUT2D eigenvalue weighted by Crippen LogP contribution is 2.38. The number of fused-ring (bicyclic) bond motifs is 1. The molecule has 5 rings (SSSR count). The van der Waals surface area contributed by atoms with Crippen LogP contribution in [0.15, 0.2) is 46.3 Å². The highest BCUT2D eigenvalue weighted by molar-refractivity contribution is 7.89. The van der Waals surface area contributed by atoms with Crippen LogP contribution in [-0.4, -0.2) is 41.5 Å². The molecule has 0 unspecified atom stereocenters. The molecule has 1 atom stereocenters. The summed E-state index contributed by atoms with van der Waals surface area (Å²) < 4.78 is 48.4. The first-order valence-electron chi connectivity index (χ1n) is 13.0. The smallest absolute Gasteiger partial charge is 0.257 e. The van der Waals surface area contributed by atoms with Crippen molar-refractivity contribution in [2.75, 3.05) is 7.05 Å². The van der Waals surface area contributed by atoms with Crippen molar-refractivity contribution in [1.82, 2.24) is 30.1 Å². The lowest BCUT2D eigenvalue weighted by Gasteiger charge is -2.32. The van der Waals surface area contributed by atoms with Gasteiger partial charge in [0.2, 0.25) is 10.0 Å². The van der Waals surface area contributed by atoms with E-state index in [2.05, 4.69) is 37.1 Å². The summed E-state index contributed by atoms with van der Waals surface area (Å²) in [7, 11) is -2.57. The molecule has 1 aromatic carbocycles. The summed E-state index contributed by atoms with van der Waals surface area (Å²) in [6, 6.07) is 4.00. The van der Waals surface area contributed by atoms with E-state index in [1.807, 2.05) is 6.92 Å². The van der Waals surface area contributed by atoms with E-state index >= 15 is 4.39 Å². The van der Waals surface area contributed by atoms with Crippen LogP contribution >= 0.6 is 0 Å². The predicted octanol–water partition coefficient (Wildman–Crippen LogP) is 4.52. The van der Waals surface area contributed by atoms with Crippen molar-refractivity contribution in [3.8, 4) is 11.1 Å². The van der Waals surface area contributed by atoms with Gasteiger partial charge in [-0.1, -0.05) is 31.8 Å². The maximum atomic E-state index is 15.9. The summed E-state index contributed by atoms with van der Waals surface area (Å²) in [5, 5.41) is 7.02. The van der Waals surface area contributed by atoms with Gasteiger partial charge >= 0.3 is 0 Å². The van der Waals surface area contributed by atoms with Crippen LogP contribution in [0.25, 0.3) is 22.2 Å². The molecule has 206 valence electrons. The van der Waals surface area contributed by atoms with Crippen LogP contribution in [0.3, 0.4) is 0 Å². The van der Waals surface area contributed by atoms with Crippen LogP contribution in [-0.2, 0) is 16.4 Å². The second-order valence-electron chi connectivity index (χ2n) is 10.0. The zero-order chi connectivity index (χ0) is 27.7. The number of hydrogen-bond donors (Lipinski definition) is 3. The number of pyridine rings is 1. The summed E-state index contributed by atoms with van der Waals surface area (Å²) in [6.07, 6.45) is 8.36. The number of aromatic nitrogens is 4. The monoisotopic (exact) mass is 554 g/mol. The number of imidazole rings is 1. The van der Waals surface area contributed by atoms with Crippen LogP contribution in [0.2, 0.25) is 0 Å². The summed E-state index contributed by atoms with van der Waals surface area (Å²) in [5.74, 6) is 0.142. The quantitative estimate of drug-likeness (QED) is 0.291. The number of hydrogen-bond acceptors (Lipinski definition) is 7. The molecular weight excluding hydrogens is 523 g/mol. The van der Waals surface area contributed by atoms with Crippen LogP contribution in [0.4, 0.5) is 4.39 Å². The molecule has 12 heteroatoms. The third-order valence-electron chi connectivity index (χ3n) is 7.58. The number of amides is 1. The lowest BCUT2D eigenvalue weighted by molar-refractivity contribution is 0.0903. The van der Waals surface area contributed by atoms with E-state index in [9.17, 15) is 13.2 Å². The van der Waals surface area contributed by atoms with E-state index < -0.39 is 21.9 Å². The minimum absolute atomic E-state index is 0.0572. The molecule has 0 radical (unpaired) electrons. The molecule has 0 bridgehead atoms. The molecule has 1 aliphatic rings. The zero-order valence-electron chi connectivity index (χ0n) is 22.0. The maximum Gasteiger partial charge on any atom is 0.257 e. The minimum Gasteiger partial charge on any atom is -0.364 e. The van der Waals surface area contributed by atoms with Crippen molar-refractivity contribution in [2.24, 2.45) is 11.8 Å². The fraction of sp³-hybridized carbons (Fsp3) is 0.407. The number of carbonyl (C=O) groups excluding carboxylic acids is 1. The van der Waals surface area contributed by atoms with Gasteiger partial charge in [0.05, 0.1) is 22.1 Å². The number of H-pyrrole nitrogens is 1. The van der Waals surface area contributed by atoms with E-state index in [1.165, 1.54) is 37.8 Å². The predicted molar refractivity (Wildman–Crippen MR) is 143 cm³/mol. The number of halogens is 1. The number of aryl methyl sites for hydroxylation is 1. The van der Waals surface area contributed by atoms with E-state index in [0.717, 1.165) is 25.7 Å². The molecule has 3 heterocycles. The van der Waals surface area contributed by atoms with Gasteiger partial charge in [-0.2, -0.15) is 0 Å². The Labute approximate surface area is 225 Å². The van der Waals surface area contributed by atoms with Crippen molar-refractivity contribution >= 4 is 27.0 Å². The van der Waals surface area contributed by atoms with E-state index in [4.69, 9.17) is 4.52 Å². The van der Waals surface area contributed by atoms with E-state index in [1.54, 1.807) is 6.07 Å². The number of rotatable bonds is 8. The Morgan fingerprint density at radius 1 is 1.21 bits per heavy atom. The Bertz CT molecular complexity index is 1610. The molecule has 39 heavy (non-hydrogen) atoms. The van der Waals surface area contributed by atoms with Crippen molar-refractivity contribution in [3.63, 3.8) is 0 Å². The molecule has 0 spiro atoms. The van der Waals surface area contributed by atoms with Crippen molar-refractivity contribution < 1.29 is 22.1 Å². The highest BCUT2D eigenvalue weighted by Gasteiger charge is 2.32. The average molecular weight is 555 g/mol. The lowest BCUT2D eigenvalue weighted by Crippen LogP contribution is -2.36. The third kappa shape index (κ3) is 5.18. The van der Waals surface area contributed by atoms with Crippen LogP contribution < -0.4 is 10.0 Å². The molecular formula is C27H31FN6O4S. The van der Waals surface area contributed by atoms with E-state index in [0.29, 0.717) is 34.9 Å². The zero-order valence-corrected chi connectivity index (χ0v) is 22.8. The summed E-state index contributed by atoms with van der Waals surface area (Å²) >= 11 is 0. The number of sulfonamides is 1. The largest absolute Gasteiger partial charge is 0.364 e. The Morgan fingerprint density at radius 3 is 2.69 bits per heavy atom. The molecule has 1 fully saturated rings. The van der Waals surface area contributed by atoms with Crippen LogP contribution in [0.1, 0.15) is 67.4 Å². The summed E-state index contributed by atoms with van der Waals surface area (Å²) in [6.45, 7) is 4.11. The molecule has 4 aromatic rings. The number of nitrogens with one attached hydrogen (secondary N) is 3. The minimum atomic E-state index is -3.86. The topological polar surface area (TPSA) is 143 Å². The Hall–Kier alpha value is -3.64. The maximum absolute atomic E-state index is 15.9. The molecule has 10 nitrogen and oxygen atoms in total. The first-order chi connectivity index (χ1) is 18.7. The molecule has 1 aliphatic carbocycles. The number of benzene rings is 1. The average Bonchev–Trinajstić information content (AvgIpc) is 3.60. The van der Waals surface area contributed by atoms with Crippen molar-refractivity contribution in [2.45, 2.75) is 56.9 Å². The molecule has 1 amide bonds. The number of nitrogens with zero attached hydrogens (tertiary/aromatic N) is 3. The van der Waals surface area contributed by atoms with Crippen molar-refractivity contribution in [1.29, 1.82) is 0 Å². The Balaban J connectivity index is 1.56. The van der Waals surface area contributed by atoms with Crippen molar-refractivity contribution in [3.05, 3.63) is 59.8 Å². The second kappa shape index (κ2) is 10.9. The number of carbonyl (C=O) groups is 1. The molecule has 3 N–H and O–H groups in total. The fourth-order valence-electron chi connectivity index (χ4n) is 5.29. The van der Waals surface area contributed by atoms with Gasteiger partial charge in [-0.25, -0.2) is 22.5 Å². The standard InChI is InChI=1S/C27H31FN6O4S/c1-4-20-19(14-38-34-20)27(35)33-24(16-7-5-15(2)6-8-16)26-31-21-10-9-17(23(28)25(21)32-26)18-13-30-12-11-22(18)39(36,37)29-3/h9-16,24,29H,4-8H2,1-3H3,(H,31,32)(H,33,35)/t15?,16?,24-/m0/s1. The van der Waals surface area contributed by atoms with Gasteiger partial charge in [0.1, 0.15) is 23.2 Å². The molecule has 3 aromatic heterocycles. The first-order valence-corrected chi connectivity index (χ1v) is 14.5. The molecule has 0 saturated heterocycles. The molecule has 0 aliphatic heterocycles. The summed E-state index contributed by atoms with van der Waals surface area (Å²) in [4.78, 5) is 25.0. The van der Waals surface area contributed by atoms with Gasteiger partial charge in [0, 0.05) is 23.5 Å². The van der Waals surface area contributed by atoms with Gasteiger partial charge in [-0.3, -0.25) is 9.78 Å². The van der Waals surface area contributed by atoms with Gasteiger partial charge < -0.3 is 14.8 Å². The van der Waals surface area contributed by atoms with Gasteiger partial charge in [0.25, 0.3) is 5.91 Å². The summed E-state index contributed by atoms with van der Waals surface area (Å²) in [5.41, 5.74) is 1.62. The SMILES string of the molecule is CCc1nocc1C(=O)N[C@H](c1nc2c(F)c(-c3cnccc3S(=O)(=O)NC)ccc2[nH]1)C1CCC(C)CC1. The second-order valence-corrected chi connectivity index (χ2v) is 11.9. The van der Waals surface area contributed by atoms with E-state index in [-0.39, 0.29) is 33.4 Å². The highest BCUT2D eigenvalue weighted by atomic mass is 32.2. The Kier molecular flexibility index (Phi) is 7.50. The molecule has 1 saturated carbocycles. The van der Waals surface area contributed by atoms with Gasteiger partial charge in [0.15, 0.2) is 5.82 Å². The fourth-order valence-corrected chi connectivity index (χ4v) is 6.20. The third-order valence-corrected chi connectivity index (χ3v) is 9.05. The Morgan fingerprint density at radius 2 is 1.97 bits per heavy atom. The van der Waals surface area contributed by atoms with Gasteiger partial charge in [-0.15, -0.1) is 0 Å².